The third-order valence-electron chi connectivity index (χ3n) is 1.69. The zero-order valence-corrected chi connectivity index (χ0v) is 6.46. The van der Waals surface area contributed by atoms with E-state index < -0.39 is 12.3 Å². The predicted octanol–water partition coefficient (Wildman–Crippen LogP) is 1.67. The van der Waals surface area contributed by atoms with Crippen LogP contribution in [0.1, 0.15) is 12.8 Å². The van der Waals surface area contributed by atoms with Crippen LogP contribution in [0.4, 0.5) is 8.78 Å². The summed E-state index contributed by atoms with van der Waals surface area (Å²) in [5.74, 6) is -0.390. The van der Waals surface area contributed by atoms with Crippen molar-refractivity contribution >= 4 is 12.4 Å². The molecule has 1 heterocycles. The van der Waals surface area contributed by atoms with Crippen LogP contribution in [-0.4, -0.2) is 19.5 Å². The van der Waals surface area contributed by atoms with Gasteiger partial charge in [-0.1, -0.05) is 0 Å². The molecule has 1 N–H and O–H groups in total. The molecule has 1 fully saturated rings. The lowest BCUT2D eigenvalue weighted by Gasteiger charge is -2.21. The van der Waals surface area contributed by atoms with E-state index in [0.29, 0.717) is 13.0 Å². The molecule has 0 aliphatic carbocycles. The highest BCUT2D eigenvalue weighted by Crippen LogP contribution is 2.17. The van der Waals surface area contributed by atoms with Gasteiger partial charge in [0.1, 0.15) is 0 Å². The molecule has 0 radical (unpaired) electrons. The molecular formula is C6H12ClF2N. The molecule has 10 heavy (non-hydrogen) atoms. The molecule has 0 aromatic heterocycles. The van der Waals surface area contributed by atoms with E-state index >= 15 is 0 Å². The minimum Gasteiger partial charge on any atom is -0.316 e. The Kier molecular flexibility index (Phi) is 4.91. The maximum Gasteiger partial charge on any atom is 0.242 e. The lowest BCUT2D eigenvalue weighted by atomic mass is 10.0. The summed E-state index contributed by atoms with van der Waals surface area (Å²) in [5.41, 5.74) is 0. The van der Waals surface area contributed by atoms with Gasteiger partial charge < -0.3 is 5.32 Å². The van der Waals surface area contributed by atoms with Gasteiger partial charge in [-0.3, -0.25) is 0 Å². The average Bonchev–Trinajstić information content (AvgIpc) is 1.90. The Bertz CT molecular complexity index is 83.8. The molecule has 0 saturated carbocycles. The Morgan fingerprint density at radius 1 is 1.40 bits per heavy atom. The predicted molar refractivity (Wildman–Crippen MR) is 38.8 cm³/mol. The fraction of sp³-hybridized carbons (Fsp3) is 1.00. The minimum atomic E-state index is -2.13. The number of hydrogen-bond donors (Lipinski definition) is 1. The molecule has 1 atom stereocenters. The largest absolute Gasteiger partial charge is 0.316 e. The van der Waals surface area contributed by atoms with Crippen LogP contribution in [0, 0.1) is 5.92 Å². The summed E-state index contributed by atoms with van der Waals surface area (Å²) in [5, 5.41) is 2.94. The van der Waals surface area contributed by atoms with Gasteiger partial charge in [0.2, 0.25) is 6.43 Å². The second-order valence-electron chi connectivity index (χ2n) is 2.44. The van der Waals surface area contributed by atoms with Crippen LogP contribution in [0.2, 0.25) is 0 Å². The highest BCUT2D eigenvalue weighted by molar-refractivity contribution is 5.85. The monoisotopic (exact) mass is 171 g/mol. The summed E-state index contributed by atoms with van der Waals surface area (Å²) < 4.78 is 23.8. The molecule has 1 saturated heterocycles. The lowest BCUT2D eigenvalue weighted by Crippen LogP contribution is -2.33. The number of piperidine rings is 1. The van der Waals surface area contributed by atoms with Crippen molar-refractivity contribution in [2.75, 3.05) is 13.1 Å². The highest BCUT2D eigenvalue weighted by Gasteiger charge is 2.21. The van der Waals surface area contributed by atoms with Crippen LogP contribution < -0.4 is 5.32 Å². The maximum absolute atomic E-state index is 11.9. The molecule has 1 rings (SSSR count). The van der Waals surface area contributed by atoms with Gasteiger partial charge in [0.25, 0.3) is 0 Å². The number of alkyl halides is 2. The van der Waals surface area contributed by atoms with Gasteiger partial charge in [-0.25, -0.2) is 8.78 Å². The van der Waals surface area contributed by atoms with Crippen molar-refractivity contribution in [3.63, 3.8) is 0 Å². The Balaban J connectivity index is 0.000000810. The maximum atomic E-state index is 11.9. The molecular weight excluding hydrogens is 160 g/mol. The van der Waals surface area contributed by atoms with Crippen molar-refractivity contribution in [1.29, 1.82) is 0 Å². The van der Waals surface area contributed by atoms with E-state index in [0.717, 1.165) is 13.0 Å². The summed E-state index contributed by atoms with van der Waals surface area (Å²) in [7, 11) is 0. The van der Waals surface area contributed by atoms with E-state index in [1.54, 1.807) is 0 Å². The van der Waals surface area contributed by atoms with Crippen LogP contribution in [0.3, 0.4) is 0 Å². The third kappa shape index (κ3) is 2.80. The Labute approximate surface area is 65.6 Å². The van der Waals surface area contributed by atoms with E-state index in [4.69, 9.17) is 0 Å². The van der Waals surface area contributed by atoms with E-state index in [2.05, 4.69) is 5.32 Å². The number of rotatable bonds is 1. The van der Waals surface area contributed by atoms with Gasteiger partial charge in [-0.05, 0) is 19.4 Å². The standard InChI is InChI=1S/C6H11F2N.ClH/c7-6(8)5-2-1-3-9-4-5;/h5-6,9H,1-4H2;1H. The summed E-state index contributed by atoms with van der Waals surface area (Å²) in [6, 6.07) is 0. The number of nitrogens with one attached hydrogen (secondary N) is 1. The molecule has 0 aromatic carbocycles. The molecule has 62 valence electrons. The second kappa shape index (κ2) is 4.85. The van der Waals surface area contributed by atoms with Crippen LogP contribution in [0.25, 0.3) is 0 Å². The van der Waals surface area contributed by atoms with Gasteiger partial charge in [0.05, 0.1) is 0 Å². The molecule has 4 heteroatoms. The first-order valence-electron chi connectivity index (χ1n) is 3.29. The zero-order valence-electron chi connectivity index (χ0n) is 5.65. The van der Waals surface area contributed by atoms with E-state index in [9.17, 15) is 8.78 Å². The fourth-order valence-electron chi connectivity index (χ4n) is 1.09. The molecule has 1 aliphatic heterocycles. The Morgan fingerprint density at radius 3 is 2.40 bits per heavy atom. The summed E-state index contributed by atoms with van der Waals surface area (Å²) in [6.45, 7) is 1.40. The first kappa shape index (κ1) is 10.1. The molecule has 0 amide bonds. The van der Waals surface area contributed by atoms with Crippen molar-refractivity contribution in [3.8, 4) is 0 Å². The van der Waals surface area contributed by atoms with E-state index in [1.807, 2.05) is 0 Å². The normalized spacial score (nSPS) is 26.1. The van der Waals surface area contributed by atoms with E-state index in [-0.39, 0.29) is 12.4 Å². The topological polar surface area (TPSA) is 12.0 Å². The average molecular weight is 172 g/mol. The van der Waals surface area contributed by atoms with Crippen molar-refractivity contribution in [1.82, 2.24) is 5.32 Å². The molecule has 1 nitrogen and oxygen atoms in total. The van der Waals surface area contributed by atoms with Crippen LogP contribution in [0.15, 0.2) is 0 Å². The van der Waals surface area contributed by atoms with Gasteiger partial charge in [0.15, 0.2) is 0 Å². The lowest BCUT2D eigenvalue weighted by molar-refractivity contribution is 0.0633. The van der Waals surface area contributed by atoms with Gasteiger partial charge in [0, 0.05) is 12.5 Å². The van der Waals surface area contributed by atoms with Crippen LogP contribution >= 0.6 is 12.4 Å². The third-order valence-corrected chi connectivity index (χ3v) is 1.69. The second-order valence-corrected chi connectivity index (χ2v) is 2.44. The van der Waals surface area contributed by atoms with Crippen molar-refractivity contribution in [3.05, 3.63) is 0 Å². The Morgan fingerprint density at radius 2 is 2.10 bits per heavy atom. The van der Waals surface area contributed by atoms with Gasteiger partial charge in [-0.2, -0.15) is 0 Å². The quantitative estimate of drug-likeness (QED) is 0.633. The first-order chi connectivity index (χ1) is 4.30. The number of hydrogen-bond acceptors (Lipinski definition) is 1. The SMILES string of the molecule is Cl.FC(F)C1CCCNC1. The Hall–Kier alpha value is 0.110. The number of halogens is 3. The van der Waals surface area contributed by atoms with Crippen LogP contribution in [-0.2, 0) is 0 Å². The smallest absolute Gasteiger partial charge is 0.242 e. The minimum absolute atomic E-state index is 0. The van der Waals surface area contributed by atoms with Crippen LogP contribution in [0.5, 0.6) is 0 Å². The molecule has 0 aromatic rings. The zero-order chi connectivity index (χ0) is 6.69. The molecule has 1 unspecified atom stereocenters. The van der Waals surface area contributed by atoms with Crippen molar-refractivity contribution < 1.29 is 8.78 Å². The van der Waals surface area contributed by atoms with E-state index in [1.165, 1.54) is 0 Å². The molecule has 0 spiro atoms. The van der Waals surface area contributed by atoms with Crippen molar-refractivity contribution in [2.45, 2.75) is 19.3 Å². The fourth-order valence-corrected chi connectivity index (χ4v) is 1.09. The van der Waals surface area contributed by atoms with Gasteiger partial charge >= 0.3 is 0 Å². The first-order valence-corrected chi connectivity index (χ1v) is 3.29. The summed E-state index contributed by atoms with van der Waals surface area (Å²) >= 11 is 0. The van der Waals surface area contributed by atoms with Crippen molar-refractivity contribution in [2.24, 2.45) is 5.92 Å². The van der Waals surface area contributed by atoms with Gasteiger partial charge in [-0.15, -0.1) is 12.4 Å². The molecule has 1 aliphatic rings. The summed E-state index contributed by atoms with van der Waals surface area (Å²) in [6.07, 6.45) is -0.544. The highest BCUT2D eigenvalue weighted by atomic mass is 35.5. The summed E-state index contributed by atoms with van der Waals surface area (Å²) in [4.78, 5) is 0. The molecule has 0 bridgehead atoms.